The van der Waals surface area contributed by atoms with E-state index < -0.39 is 0 Å². The van der Waals surface area contributed by atoms with Crippen LogP contribution in [0.2, 0.25) is 0 Å². The van der Waals surface area contributed by atoms with Crippen LogP contribution >= 0.6 is 15.9 Å². The lowest BCUT2D eigenvalue weighted by atomic mass is 10.00. The second-order valence-electron chi connectivity index (χ2n) is 5.65. The zero-order valence-electron chi connectivity index (χ0n) is 12.5. The van der Waals surface area contributed by atoms with Crippen molar-refractivity contribution in [1.82, 2.24) is 9.78 Å². The van der Waals surface area contributed by atoms with Crippen molar-refractivity contribution in [3.8, 4) is 0 Å². The van der Waals surface area contributed by atoms with Gasteiger partial charge in [-0.2, -0.15) is 5.10 Å². The molecule has 1 atom stereocenters. The molecule has 1 aliphatic rings. The number of nitrogens with one attached hydrogen (secondary N) is 1. The van der Waals surface area contributed by atoms with Crippen LogP contribution in [0.25, 0.3) is 0 Å². The predicted octanol–water partition coefficient (Wildman–Crippen LogP) is 3.89. The Bertz CT molecular complexity index is 663. The van der Waals surface area contributed by atoms with Gasteiger partial charge in [-0.05, 0) is 52.9 Å². The number of rotatable bonds is 3. The van der Waals surface area contributed by atoms with Crippen LogP contribution in [0.1, 0.15) is 42.6 Å². The van der Waals surface area contributed by atoms with Crippen LogP contribution in [-0.2, 0) is 6.42 Å². The van der Waals surface area contributed by atoms with Crippen molar-refractivity contribution in [2.24, 2.45) is 0 Å². The number of aryl methyl sites for hydroxylation is 2. The molecule has 112 valence electrons. The van der Waals surface area contributed by atoms with E-state index in [-0.39, 0.29) is 6.04 Å². The third kappa shape index (κ3) is 2.55. The van der Waals surface area contributed by atoms with Crippen LogP contribution < -0.4 is 11.1 Å². The van der Waals surface area contributed by atoms with Crippen molar-refractivity contribution >= 4 is 27.4 Å². The molecule has 2 aromatic rings. The summed E-state index contributed by atoms with van der Waals surface area (Å²) in [6.45, 7) is 5.17. The molecule has 0 saturated carbocycles. The van der Waals surface area contributed by atoms with Gasteiger partial charge in [0.05, 0.1) is 16.2 Å². The maximum absolute atomic E-state index is 6.08. The molecule has 1 unspecified atom stereocenters. The Labute approximate surface area is 133 Å². The van der Waals surface area contributed by atoms with Crippen LogP contribution in [0.5, 0.6) is 0 Å². The van der Waals surface area contributed by atoms with Crippen molar-refractivity contribution in [3.05, 3.63) is 39.5 Å². The van der Waals surface area contributed by atoms with Gasteiger partial charge in [0.2, 0.25) is 0 Å². The molecule has 1 aliphatic heterocycles. The summed E-state index contributed by atoms with van der Waals surface area (Å²) in [4.78, 5) is 0. The third-order valence-electron chi connectivity index (χ3n) is 4.10. The van der Waals surface area contributed by atoms with Gasteiger partial charge >= 0.3 is 0 Å². The van der Waals surface area contributed by atoms with E-state index in [9.17, 15) is 0 Å². The van der Waals surface area contributed by atoms with Crippen molar-refractivity contribution in [2.75, 3.05) is 17.6 Å². The molecule has 0 bridgehead atoms. The second kappa shape index (κ2) is 5.72. The van der Waals surface area contributed by atoms with Gasteiger partial charge in [0.1, 0.15) is 5.82 Å². The number of hydrogen-bond acceptors (Lipinski definition) is 3. The lowest BCUT2D eigenvalue weighted by Gasteiger charge is -2.26. The molecule has 0 amide bonds. The number of halogens is 1. The molecule has 21 heavy (non-hydrogen) atoms. The molecule has 0 fully saturated rings. The lowest BCUT2D eigenvalue weighted by molar-refractivity contribution is 0.477. The van der Waals surface area contributed by atoms with Crippen LogP contribution in [0.3, 0.4) is 0 Å². The van der Waals surface area contributed by atoms with E-state index in [1.807, 2.05) is 6.92 Å². The highest BCUT2D eigenvalue weighted by atomic mass is 79.9. The van der Waals surface area contributed by atoms with Gasteiger partial charge in [0.15, 0.2) is 0 Å². The first-order valence-electron chi connectivity index (χ1n) is 7.48. The van der Waals surface area contributed by atoms with Gasteiger partial charge < -0.3 is 11.1 Å². The topological polar surface area (TPSA) is 55.9 Å². The van der Waals surface area contributed by atoms with Crippen molar-refractivity contribution in [3.63, 3.8) is 0 Å². The molecule has 1 aromatic heterocycles. The first-order valence-corrected chi connectivity index (χ1v) is 8.28. The number of hydrogen-bond donors (Lipinski definition) is 2. The Morgan fingerprint density at radius 1 is 1.48 bits per heavy atom. The number of anilines is 2. The Hall–Kier alpha value is -1.49. The molecule has 4 nitrogen and oxygen atoms in total. The smallest absolute Gasteiger partial charge is 0.139 e. The minimum Gasteiger partial charge on any atom is -0.399 e. The second-order valence-corrected chi connectivity index (χ2v) is 6.44. The molecule has 2 heterocycles. The molecule has 3 N–H and O–H groups in total. The Balaban J connectivity index is 2.03. The Kier molecular flexibility index (Phi) is 3.93. The fourth-order valence-electron chi connectivity index (χ4n) is 2.87. The largest absolute Gasteiger partial charge is 0.399 e. The molecule has 3 rings (SSSR count). The van der Waals surface area contributed by atoms with E-state index in [1.165, 1.54) is 5.56 Å². The molecular weight excluding hydrogens is 328 g/mol. The van der Waals surface area contributed by atoms with Crippen molar-refractivity contribution in [2.45, 2.75) is 39.2 Å². The normalized spacial score (nSPS) is 17.4. The summed E-state index contributed by atoms with van der Waals surface area (Å²) in [6, 6.07) is 6.61. The van der Waals surface area contributed by atoms with Crippen molar-refractivity contribution < 1.29 is 0 Å². The van der Waals surface area contributed by atoms with Crippen molar-refractivity contribution in [1.29, 1.82) is 0 Å². The number of aromatic nitrogens is 2. The third-order valence-corrected chi connectivity index (χ3v) is 4.93. The number of benzene rings is 1. The van der Waals surface area contributed by atoms with Crippen LogP contribution in [0.4, 0.5) is 11.5 Å². The lowest BCUT2D eigenvalue weighted by Crippen LogP contribution is -2.24. The summed E-state index contributed by atoms with van der Waals surface area (Å²) in [6.07, 6.45) is 3.11. The maximum atomic E-state index is 6.08. The zero-order valence-corrected chi connectivity index (χ0v) is 14.1. The summed E-state index contributed by atoms with van der Waals surface area (Å²) in [5, 5.41) is 8.27. The molecule has 0 saturated heterocycles. The average molecular weight is 349 g/mol. The summed E-state index contributed by atoms with van der Waals surface area (Å²) in [5.41, 5.74) is 10.4. The first kappa shape index (κ1) is 14.4. The fourth-order valence-corrected chi connectivity index (χ4v) is 3.46. The van der Waals surface area contributed by atoms with E-state index in [4.69, 9.17) is 10.8 Å². The van der Waals surface area contributed by atoms with Crippen LogP contribution in [0, 0.1) is 6.92 Å². The summed E-state index contributed by atoms with van der Waals surface area (Å²) >= 11 is 3.69. The summed E-state index contributed by atoms with van der Waals surface area (Å²) in [5.74, 6) is 1.09. The van der Waals surface area contributed by atoms with Crippen LogP contribution in [-0.4, -0.2) is 16.3 Å². The van der Waals surface area contributed by atoms with Gasteiger partial charge in [-0.15, -0.1) is 0 Å². The van der Waals surface area contributed by atoms with Gasteiger partial charge in [0.25, 0.3) is 0 Å². The highest BCUT2D eigenvalue weighted by Gasteiger charge is 2.26. The van der Waals surface area contributed by atoms with Gasteiger partial charge in [-0.25, -0.2) is 4.68 Å². The SMILES string of the molecule is CCCc1nn2c(c1Br)NCCC2c1ccc(C)c(N)c1. The number of nitrogens with zero attached hydrogens (tertiary/aromatic N) is 2. The zero-order chi connectivity index (χ0) is 15.0. The Morgan fingerprint density at radius 2 is 2.29 bits per heavy atom. The van der Waals surface area contributed by atoms with E-state index in [0.29, 0.717) is 0 Å². The molecule has 5 heteroatoms. The average Bonchev–Trinajstić information content (AvgIpc) is 2.79. The highest BCUT2D eigenvalue weighted by molar-refractivity contribution is 9.10. The predicted molar refractivity (Wildman–Crippen MR) is 90.8 cm³/mol. The van der Waals surface area contributed by atoms with Gasteiger partial charge in [0, 0.05) is 12.2 Å². The molecular formula is C16H21BrN4. The van der Waals surface area contributed by atoms with E-state index >= 15 is 0 Å². The minimum absolute atomic E-state index is 0.256. The number of nitrogens with two attached hydrogens (primary N) is 1. The number of fused-ring (bicyclic) bond motifs is 1. The molecule has 0 radical (unpaired) electrons. The molecule has 0 spiro atoms. The van der Waals surface area contributed by atoms with Gasteiger partial charge in [-0.3, -0.25) is 0 Å². The monoisotopic (exact) mass is 348 g/mol. The number of nitrogen functional groups attached to an aromatic ring is 1. The summed E-state index contributed by atoms with van der Waals surface area (Å²) in [7, 11) is 0. The van der Waals surface area contributed by atoms with E-state index in [1.54, 1.807) is 0 Å². The molecule has 1 aromatic carbocycles. The fraction of sp³-hybridized carbons (Fsp3) is 0.438. The van der Waals surface area contributed by atoms with E-state index in [2.05, 4.69) is 51.1 Å². The standard InChI is InChI=1S/C16H21BrN4/c1-3-4-13-15(17)16-19-8-7-14(21(16)20-13)11-6-5-10(2)12(18)9-11/h5-6,9,14,19H,3-4,7-8,18H2,1-2H3. The van der Waals surface area contributed by atoms with Gasteiger partial charge in [-0.1, -0.05) is 25.5 Å². The molecule has 0 aliphatic carbocycles. The summed E-state index contributed by atoms with van der Waals surface area (Å²) < 4.78 is 3.22. The van der Waals surface area contributed by atoms with Crippen LogP contribution in [0.15, 0.2) is 22.7 Å². The first-order chi connectivity index (χ1) is 10.1. The van der Waals surface area contributed by atoms with E-state index in [0.717, 1.165) is 53.0 Å². The minimum atomic E-state index is 0.256. The Morgan fingerprint density at radius 3 is 3.00 bits per heavy atom. The maximum Gasteiger partial charge on any atom is 0.139 e. The highest BCUT2D eigenvalue weighted by Crippen LogP contribution is 2.37. The quantitative estimate of drug-likeness (QED) is 0.827.